The van der Waals surface area contributed by atoms with Crippen molar-refractivity contribution in [3.05, 3.63) is 99.6 Å². The molecule has 4 rings (SSSR count). The van der Waals surface area contributed by atoms with E-state index in [2.05, 4.69) is 10.6 Å². The Morgan fingerprint density at radius 2 is 1.59 bits per heavy atom. The van der Waals surface area contributed by atoms with E-state index in [1.165, 1.54) is 4.90 Å². The number of anilines is 1. The molecule has 0 aromatic heterocycles. The highest BCUT2D eigenvalue weighted by Crippen LogP contribution is 2.26. The van der Waals surface area contributed by atoms with Crippen LogP contribution in [0.1, 0.15) is 51.9 Å². The van der Waals surface area contributed by atoms with Gasteiger partial charge >= 0.3 is 0 Å². The Labute approximate surface area is 245 Å². The molecule has 0 fully saturated rings. The molecule has 1 aliphatic heterocycles. The second kappa shape index (κ2) is 13.6. The maximum atomic E-state index is 13.7. The molecule has 9 heteroatoms. The van der Waals surface area contributed by atoms with Gasteiger partial charge in [0.15, 0.2) is 5.78 Å². The van der Waals surface area contributed by atoms with Crippen LogP contribution in [0.4, 0.5) is 5.69 Å². The first-order valence-electron chi connectivity index (χ1n) is 13.7. The lowest BCUT2D eigenvalue weighted by molar-refractivity contribution is -0.142. The molecule has 4 N–H and O–H groups in total. The molecule has 1 aliphatic rings. The second-order valence-electron chi connectivity index (χ2n) is 10.4. The lowest BCUT2D eigenvalue weighted by Gasteiger charge is -2.36. The lowest BCUT2D eigenvalue weighted by atomic mass is 9.92. The molecule has 214 valence electrons. The average molecular weight is 575 g/mol. The van der Waals surface area contributed by atoms with Crippen LogP contribution >= 0.6 is 11.6 Å². The summed E-state index contributed by atoms with van der Waals surface area (Å²) in [7, 11) is 0. The van der Waals surface area contributed by atoms with Crippen LogP contribution in [0, 0.1) is 13.8 Å². The van der Waals surface area contributed by atoms with Crippen LogP contribution in [0.15, 0.2) is 66.7 Å². The van der Waals surface area contributed by atoms with E-state index in [1.54, 1.807) is 36.4 Å². The van der Waals surface area contributed by atoms with Crippen molar-refractivity contribution in [2.75, 3.05) is 11.9 Å². The van der Waals surface area contributed by atoms with Crippen LogP contribution < -0.4 is 16.4 Å². The number of amides is 3. The summed E-state index contributed by atoms with van der Waals surface area (Å²) in [6, 6.07) is 18.3. The van der Waals surface area contributed by atoms with Crippen molar-refractivity contribution in [1.82, 2.24) is 10.2 Å². The number of benzene rings is 3. The minimum Gasteiger partial charge on any atom is -0.342 e. The van der Waals surface area contributed by atoms with Crippen LogP contribution in [0.25, 0.3) is 0 Å². The largest absolute Gasteiger partial charge is 0.342 e. The van der Waals surface area contributed by atoms with Gasteiger partial charge in [-0.15, -0.1) is 0 Å². The number of nitrogens with zero attached hydrogens (tertiary/aromatic N) is 1. The molecule has 0 aliphatic carbocycles. The standard InChI is InChI=1S/C32H35ClN4O4/c1-20-16-25(17-21(2)30(20)33)35-31(40)26(14-15-34)36-32(41)27-18-23-10-6-7-11-24(23)19-37(27)29(39)13-12-28(38)22-8-4-3-5-9-22/h3-11,16-17,26-27H,12-15,18-19,34H2,1-2H3,(H,35,40)(H,36,41)/t26-,27-/m0/s1. The van der Waals surface area contributed by atoms with Crippen LogP contribution in [-0.2, 0) is 27.3 Å². The quantitative estimate of drug-likeness (QED) is 0.311. The summed E-state index contributed by atoms with van der Waals surface area (Å²) in [4.78, 5) is 54.5. The molecule has 8 nitrogen and oxygen atoms in total. The van der Waals surface area contributed by atoms with Crippen LogP contribution in [-0.4, -0.2) is 47.0 Å². The van der Waals surface area contributed by atoms with Crippen molar-refractivity contribution >= 4 is 40.8 Å². The van der Waals surface area contributed by atoms with E-state index < -0.39 is 23.9 Å². The van der Waals surface area contributed by atoms with Crippen molar-refractivity contribution < 1.29 is 19.2 Å². The third-order valence-corrected chi connectivity index (χ3v) is 7.92. The SMILES string of the molecule is Cc1cc(NC(=O)[C@H](CCN)NC(=O)[C@@H]2Cc3ccccc3CN2C(=O)CCC(=O)c2ccccc2)cc(C)c1Cl. The number of nitrogens with one attached hydrogen (secondary N) is 2. The Morgan fingerprint density at radius 3 is 2.24 bits per heavy atom. The van der Waals surface area contributed by atoms with Gasteiger partial charge in [-0.1, -0.05) is 66.2 Å². The van der Waals surface area contributed by atoms with Gasteiger partial charge in [0.05, 0.1) is 0 Å². The topological polar surface area (TPSA) is 122 Å². The van der Waals surface area contributed by atoms with Gasteiger partial charge in [0.1, 0.15) is 12.1 Å². The predicted octanol–water partition coefficient (Wildman–Crippen LogP) is 4.35. The van der Waals surface area contributed by atoms with E-state index in [-0.39, 0.29) is 44.0 Å². The number of halogens is 1. The summed E-state index contributed by atoms with van der Waals surface area (Å²) in [5.41, 5.74) is 10.5. The molecule has 3 amide bonds. The van der Waals surface area contributed by atoms with Gasteiger partial charge in [-0.05, 0) is 61.2 Å². The highest BCUT2D eigenvalue weighted by Gasteiger charge is 2.36. The fourth-order valence-electron chi connectivity index (χ4n) is 5.10. The fourth-order valence-corrected chi connectivity index (χ4v) is 5.21. The second-order valence-corrected chi connectivity index (χ2v) is 10.7. The van der Waals surface area contributed by atoms with Crippen molar-refractivity contribution in [2.24, 2.45) is 5.73 Å². The minimum absolute atomic E-state index is 0.0261. The lowest BCUT2D eigenvalue weighted by Crippen LogP contribution is -2.56. The number of Topliss-reactive ketones (excluding diaryl/α,β-unsaturated/α-hetero) is 1. The zero-order chi connectivity index (χ0) is 29.5. The molecule has 2 atom stereocenters. The van der Waals surface area contributed by atoms with E-state index in [0.29, 0.717) is 22.7 Å². The Morgan fingerprint density at radius 1 is 0.951 bits per heavy atom. The van der Waals surface area contributed by atoms with Gasteiger partial charge in [0.25, 0.3) is 0 Å². The summed E-state index contributed by atoms with van der Waals surface area (Å²) >= 11 is 6.26. The number of fused-ring (bicyclic) bond motifs is 1. The highest BCUT2D eigenvalue weighted by atomic mass is 35.5. The van der Waals surface area contributed by atoms with E-state index in [9.17, 15) is 19.2 Å². The molecular weight excluding hydrogens is 540 g/mol. The average Bonchev–Trinajstić information content (AvgIpc) is 2.97. The molecule has 3 aromatic carbocycles. The maximum absolute atomic E-state index is 13.7. The molecule has 0 unspecified atom stereocenters. The van der Waals surface area contributed by atoms with Gasteiger partial charge in [-0.3, -0.25) is 19.2 Å². The first-order valence-corrected chi connectivity index (χ1v) is 14.1. The van der Waals surface area contributed by atoms with E-state index in [1.807, 2.05) is 44.2 Å². The van der Waals surface area contributed by atoms with Gasteiger partial charge in [0.2, 0.25) is 17.7 Å². The summed E-state index contributed by atoms with van der Waals surface area (Å²) in [6.07, 6.45) is 0.522. The van der Waals surface area contributed by atoms with E-state index >= 15 is 0 Å². The molecule has 3 aromatic rings. The Kier molecular flexibility index (Phi) is 9.91. The van der Waals surface area contributed by atoms with Crippen LogP contribution in [0.5, 0.6) is 0 Å². The molecule has 0 saturated carbocycles. The number of ketones is 1. The first-order chi connectivity index (χ1) is 19.7. The third kappa shape index (κ3) is 7.39. The Balaban J connectivity index is 1.49. The smallest absolute Gasteiger partial charge is 0.246 e. The van der Waals surface area contributed by atoms with E-state index in [4.69, 9.17) is 17.3 Å². The third-order valence-electron chi connectivity index (χ3n) is 7.33. The number of aryl methyl sites for hydroxylation is 2. The summed E-state index contributed by atoms with van der Waals surface area (Å²) in [5.74, 6) is -1.28. The monoisotopic (exact) mass is 574 g/mol. The zero-order valence-corrected chi connectivity index (χ0v) is 24.0. The molecule has 0 saturated heterocycles. The van der Waals surface area contributed by atoms with Gasteiger partial charge in [-0.2, -0.15) is 0 Å². The molecule has 0 spiro atoms. The number of rotatable bonds is 10. The fraction of sp³-hybridized carbons (Fsp3) is 0.312. The van der Waals surface area contributed by atoms with Crippen LogP contribution in [0.3, 0.4) is 0 Å². The van der Waals surface area contributed by atoms with Crippen molar-refractivity contribution in [1.29, 1.82) is 0 Å². The van der Waals surface area contributed by atoms with Gasteiger partial charge < -0.3 is 21.3 Å². The summed E-state index contributed by atoms with van der Waals surface area (Å²) in [6.45, 7) is 4.12. The molecular formula is C32H35ClN4O4. The van der Waals surface area contributed by atoms with Gasteiger partial charge in [0, 0.05) is 42.1 Å². The van der Waals surface area contributed by atoms with Crippen molar-refractivity contribution in [3.8, 4) is 0 Å². The predicted molar refractivity (Wildman–Crippen MR) is 160 cm³/mol. The number of carbonyl (C=O) groups is 4. The number of carbonyl (C=O) groups excluding carboxylic acids is 4. The normalized spacial score (nSPS) is 15.0. The summed E-state index contributed by atoms with van der Waals surface area (Å²) in [5, 5.41) is 6.32. The van der Waals surface area contributed by atoms with Gasteiger partial charge in [-0.25, -0.2) is 0 Å². The number of nitrogens with two attached hydrogens (primary N) is 1. The maximum Gasteiger partial charge on any atom is 0.246 e. The molecule has 1 heterocycles. The van der Waals surface area contributed by atoms with Crippen LogP contribution in [0.2, 0.25) is 5.02 Å². The first kappa shape index (κ1) is 30.0. The molecule has 0 radical (unpaired) electrons. The number of hydrogen-bond acceptors (Lipinski definition) is 5. The zero-order valence-electron chi connectivity index (χ0n) is 23.3. The Bertz CT molecular complexity index is 1420. The Hall–Kier alpha value is -4.01. The summed E-state index contributed by atoms with van der Waals surface area (Å²) < 4.78 is 0. The van der Waals surface area contributed by atoms with E-state index in [0.717, 1.165) is 22.3 Å². The minimum atomic E-state index is -0.905. The van der Waals surface area contributed by atoms with Crippen molar-refractivity contribution in [2.45, 2.75) is 58.2 Å². The molecule has 0 bridgehead atoms. The highest BCUT2D eigenvalue weighted by molar-refractivity contribution is 6.32. The molecule has 41 heavy (non-hydrogen) atoms. The number of hydrogen-bond donors (Lipinski definition) is 3. The van der Waals surface area contributed by atoms with Crippen molar-refractivity contribution in [3.63, 3.8) is 0 Å².